The molecule has 0 aliphatic rings. The van der Waals surface area contributed by atoms with E-state index >= 15 is 0 Å². The summed E-state index contributed by atoms with van der Waals surface area (Å²) >= 11 is 1.43. The van der Waals surface area contributed by atoms with Gasteiger partial charge in [0.2, 0.25) is 23.6 Å². The number of carbonyl (C=O) groups is 6. The van der Waals surface area contributed by atoms with Crippen LogP contribution in [0, 0.1) is 5.92 Å². The maximum atomic E-state index is 13.5. The van der Waals surface area contributed by atoms with Gasteiger partial charge in [0.15, 0.2) is 5.96 Å². The second kappa shape index (κ2) is 22.2. The summed E-state index contributed by atoms with van der Waals surface area (Å²) in [6.07, 6.45) is 2.05. The third-order valence-corrected chi connectivity index (χ3v) is 8.16. The minimum Gasteiger partial charge on any atom is -0.481 e. The van der Waals surface area contributed by atoms with Crippen LogP contribution in [0.1, 0.15) is 57.9 Å². The fourth-order valence-electron chi connectivity index (χ4n) is 4.53. The van der Waals surface area contributed by atoms with Crippen LogP contribution in [0.5, 0.6) is 0 Å². The zero-order valence-corrected chi connectivity index (χ0v) is 28.5. The van der Waals surface area contributed by atoms with Crippen LogP contribution < -0.4 is 38.5 Å². The molecule has 16 nitrogen and oxygen atoms in total. The number of aliphatic imine (C=N–C) groups is 1. The molecule has 0 saturated carbocycles. The number of carbonyl (C=O) groups excluding carboxylic acids is 4. The van der Waals surface area contributed by atoms with Crippen molar-refractivity contribution in [2.24, 2.45) is 28.1 Å². The van der Waals surface area contributed by atoms with Gasteiger partial charge in [-0.1, -0.05) is 50.6 Å². The first-order chi connectivity index (χ1) is 22.7. The summed E-state index contributed by atoms with van der Waals surface area (Å²) in [7, 11) is 0. The van der Waals surface area contributed by atoms with Crippen LogP contribution in [-0.2, 0) is 35.2 Å². The third-order valence-electron chi connectivity index (χ3n) is 7.51. The number of rotatable bonds is 23. The normalized spacial score (nSPS) is 14.6. The Kier molecular flexibility index (Phi) is 19.3. The molecule has 6 atom stereocenters. The summed E-state index contributed by atoms with van der Waals surface area (Å²) < 4.78 is 0. The van der Waals surface area contributed by atoms with Crippen LogP contribution >= 0.6 is 11.8 Å². The van der Waals surface area contributed by atoms with E-state index in [9.17, 15) is 39.0 Å². The Labute approximate surface area is 284 Å². The lowest BCUT2D eigenvalue weighted by Gasteiger charge is -2.27. The molecule has 0 aromatic heterocycles. The number of hydrogen-bond acceptors (Lipinski definition) is 9. The zero-order chi connectivity index (χ0) is 36.2. The summed E-state index contributed by atoms with van der Waals surface area (Å²) in [5.41, 5.74) is 17.7. The summed E-state index contributed by atoms with van der Waals surface area (Å²) in [4.78, 5) is 80.4. The van der Waals surface area contributed by atoms with Crippen LogP contribution in [0.2, 0.25) is 0 Å². The molecule has 268 valence electrons. The van der Waals surface area contributed by atoms with Gasteiger partial charge in [-0.25, -0.2) is 4.79 Å². The quantitative estimate of drug-likeness (QED) is 0.0391. The number of amides is 4. The lowest BCUT2D eigenvalue weighted by Crippen LogP contribution is -2.59. The second-order valence-corrected chi connectivity index (χ2v) is 12.3. The fourth-order valence-corrected chi connectivity index (χ4v) is 5.01. The number of nitrogens with two attached hydrogens (primary N) is 3. The van der Waals surface area contributed by atoms with Crippen molar-refractivity contribution < 1.29 is 39.0 Å². The van der Waals surface area contributed by atoms with E-state index in [2.05, 4.69) is 26.3 Å². The molecule has 48 heavy (non-hydrogen) atoms. The molecule has 0 spiro atoms. The van der Waals surface area contributed by atoms with Gasteiger partial charge in [0.25, 0.3) is 0 Å². The molecule has 1 aromatic carbocycles. The zero-order valence-electron chi connectivity index (χ0n) is 27.6. The lowest BCUT2D eigenvalue weighted by molar-refractivity contribution is -0.144. The van der Waals surface area contributed by atoms with Crippen molar-refractivity contribution in [1.29, 1.82) is 0 Å². The van der Waals surface area contributed by atoms with E-state index in [1.165, 1.54) is 11.8 Å². The molecule has 0 aliphatic heterocycles. The van der Waals surface area contributed by atoms with Gasteiger partial charge in [0.05, 0.1) is 6.04 Å². The first-order valence-electron chi connectivity index (χ1n) is 15.7. The van der Waals surface area contributed by atoms with Crippen LogP contribution in [0.25, 0.3) is 0 Å². The number of guanidine groups is 1. The summed E-state index contributed by atoms with van der Waals surface area (Å²) in [5, 5.41) is 29.1. The molecule has 1 aromatic rings. The monoisotopic (exact) mass is 694 g/mol. The van der Waals surface area contributed by atoms with Gasteiger partial charge in [-0.2, -0.15) is 11.8 Å². The van der Waals surface area contributed by atoms with E-state index in [-0.39, 0.29) is 44.6 Å². The number of aliphatic carboxylic acids is 2. The van der Waals surface area contributed by atoms with Crippen molar-refractivity contribution in [1.82, 2.24) is 21.3 Å². The second-order valence-electron chi connectivity index (χ2n) is 11.4. The van der Waals surface area contributed by atoms with E-state index in [1.54, 1.807) is 13.8 Å². The van der Waals surface area contributed by atoms with Crippen LogP contribution in [0.3, 0.4) is 0 Å². The van der Waals surface area contributed by atoms with Crippen molar-refractivity contribution in [2.45, 2.75) is 89.0 Å². The maximum Gasteiger partial charge on any atom is 0.326 e. The number of carboxylic acid groups (broad SMARTS) is 2. The first kappa shape index (κ1) is 41.6. The number of hydrogen-bond donors (Lipinski definition) is 9. The van der Waals surface area contributed by atoms with Crippen molar-refractivity contribution in [3.05, 3.63) is 35.9 Å². The van der Waals surface area contributed by atoms with Crippen LogP contribution in [0.15, 0.2) is 35.3 Å². The van der Waals surface area contributed by atoms with Gasteiger partial charge in [0, 0.05) is 13.0 Å². The standard InChI is InChI=1S/C31H50N8O8S/c1-4-18(2)25(30(46)47)39-29(45)21(11-8-15-35-31(33)34)37-27(43)22(12-13-24(40)41)38-28(44)23(14-16-48-3)36-26(42)20(32)17-19-9-6-5-7-10-19/h5-7,9-10,18,20-23,25H,4,8,11-17,32H2,1-3H3,(H,36,42)(H,37,43)(H,38,44)(H,39,45)(H,40,41)(H,46,47)(H4,33,34,35)/t18-,20-,21-,22-,23-,25-/m0/s1. The molecule has 0 saturated heterocycles. The summed E-state index contributed by atoms with van der Waals surface area (Å²) in [6.45, 7) is 3.53. The van der Waals surface area contributed by atoms with Crippen molar-refractivity contribution in [3.8, 4) is 0 Å². The molecular weight excluding hydrogens is 644 g/mol. The largest absolute Gasteiger partial charge is 0.481 e. The Balaban J connectivity index is 3.20. The highest BCUT2D eigenvalue weighted by Crippen LogP contribution is 2.11. The average molecular weight is 695 g/mol. The first-order valence-corrected chi connectivity index (χ1v) is 17.1. The summed E-state index contributed by atoms with van der Waals surface area (Å²) in [6, 6.07) is 3.09. The Hall–Kier alpha value is -4.38. The van der Waals surface area contributed by atoms with Crippen LogP contribution in [-0.4, -0.2) is 101 Å². The smallest absolute Gasteiger partial charge is 0.326 e. The van der Waals surface area contributed by atoms with Gasteiger partial charge in [-0.15, -0.1) is 0 Å². The number of thioether (sulfide) groups is 1. The van der Waals surface area contributed by atoms with Gasteiger partial charge in [-0.3, -0.25) is 29.0 Å². The summed E-state index contributed by atoms with van der Waals surface area (Å²) in [5.74, 6) is -5.62. The number of benzene rings is 1. The number of nitrogens with one attached hydrogen (secondary N) is 4. The molecule has 0 bridgehead atoms. The molecule has 17 heteroatoms. The molecular formula is C31H50N8O8S. The van der Waals surface area contributed by atoms with Crippen LogP contribution in [0.4, 0.5) is 0 Å². The third kappa shape index (κ3) is 15.9. The van der Waals surface area contributed by atoms with Crippen molar-refractivity contribution in [3.63, 3.8) is 0 Å². The highest BCUT2D eigenvalue weighted by molar-refractivity contribution is 7.98. The van der Waals surface area contributed by atoms with Crippen molar-refractivity contribution >= 4 is 53.3 Å². The molecule has 0 fully saturated rings. The van der Waals surface area contributed by atoms with E-state index in [4.69, 9.17) is 17.2 Å². The van der Waals surface area contributed by atoms with Gasteiger partial charge in [-0.05, 0) is 55.6 Å². The van der Waals surface area contributed by atoms with E-state index < -0.39 is 78.1 Å². The molecule has 12 N–H and O–H groups in total. The molecule has 0 aliphatic carbocycles. The Morgan fingerprint density at radius 1 is 0.833 bits per heavy atom. The molecule has 1 rings (SSSR count). The number of carboxylic acids is 2. The lowest BCUT2D eigenvalue weighted by atomic mass is 9.98. The minimum absolute atomic E-state index is 0.00744. The van der Waals surface area contributed by atoms with Gasteiger partial charge >= 0.3 is 11.9 Å². The molecule has 0 unspecified atom stereocenters. The Bertz CT molecular complexity index is 1250. The Morgan fingerprint density at radius 2 is 1.38 bits per heavy atom. The SMILES string of the molecule is CC[C@H](C)[C@H](NC(=O)[C@H](CCCN=C(N)N)NC(=O)[C@H](CCC(=O)O)NC(=O)[C@H](CCSC)NC(=O)[C@@H](N)Cc1ccccc1)C(=O)O. The fraction of sp³-hybridized carbons (Fsp3) is 0.581. The maximum absolute atomic E-state index is 13.5. The van der Waals surface area contributed by atoms with E-state index in [1.807, 2.05) is 36.6 Å². The highest BCUT2D eigenvalue weighted by Gasteiger charge is 2.33. The average Bonchev–Trinajstić information content (AvgIpc) is 3.04. The topological polar surface area (TPSA) is 281 Å². The van der Waals surface area contributed by atoms with E-state index in [0.717, 1.165) is 5.56 Å². The minimum atomic E-state index is -1.42. The molecule has 0 heterocycles. The Morgan fingerprint density at radius 3 is 1.90 bits per heavy atom. The molecule has 4 amide bonds. The predicted molar refractivity (Wildman–Crippen MR) is 183 cm³/mol. The molecule has 0 radical (unpaired) electrons. The number of nitrogens with zero attached hydrogens (tertiary/aromatic N) is 1. The van der Waals surface area contributed by atoms with Gasteiger partial charge < -0.3 is 48.7 Å². The van der Waals surface area contributed by atoms with Gasteiger partial charge in [0.1, 0.15) is 24.2 Å². The van der Waals surface area contributed by atoms with Crippen molar-refractivity contribution in [2.75, 3.05) is 18.6 Å². The van der Waals surface area contributed by atoms with E-state index in [0.29, 0.717) is 12.2 Å². The predicted octanol–water partition coefficient (Wildman–Crippen LogP) is -0.702. The highest BCUT2D eigenvalue weighted by atomic mass is 32.2.